The molecule has 0 amide bonds. The summed E-state index contributed by atoms with van der Waals surface area (Å²) in [5.74, 6) is -0.722. The Balaban J connectivity index is 3.14. The van der Waals surface area contributed by atoms with E-state index in [1.54, 1.807) is 13.0 Å². The average Bonchev–Trinajstić information content (AvgIpc) is 2.35. The molecule has 0 N–H and O–H groups in total. The van der Waals surface area contributed by atoms with Crippen molar-refractivity contribution >= 4 is 12.0 Å². The van der Waals surface area contributed by atoms with Gasteiger partial charge in [-0.05, 0) is 30.7 Å². The molecule has 0 spiro atoms. The van der Waals surface area contributed by atoms with Crippen molar-refractivity contribution in [1.29, 1.82) is 5.26 Å². The first-order valence-corrected chi connectivity index (χ1v) is 5.34. The number of hydrogen-bond donors (Lipinski definition) is 0. The number of benzene rings is 1. The molecule has 0 aliphatic heterocycles. The van der Waals surface area contributed by atoms with E-state index in [0.29, 0.717) is 0 Å². The number of halogens is 3. The lowest BCUT2D eigenvalue weighted by Crippen LogP contribution is -2.08. The maximum Gasteiger partial charge on any atom is 0.417 e. The second kappa shape index (κ2) is 6.05. The highest BCUT2D eigenvalue weighted by atomic mass is 19.4. The second-order valence-corrected chi connectivity index (χ2v) is 3.50. The van der Waals surface area contributed by atoms with Crippen LogP contribution in [0, 0.1) is 11.3 Å². The van der Waals surface area contributed by atoms with E-state index in [-0.39, 0.29) is 17.7 Å². The Morgan fingerprint density at radius 3 is 2.68 bits per heavy atom. The lowest BCUT2D eigenvalue weighted by molar-refractivity contribution is -0.138. The van der Waals surface area contributed by atoms with Crippen molar-refractivity contribution in [3.8, 4) is 6.07 Å². The largest absolute Gasteiger partial charge is 0.463 e. The van der Waals surface area contributed by atoms with Gasteiger partial charge in [0.05, 0.1) is 23.8 Å². The van der Waals surface area contributed by atoms with Crippen LogP contribution < -0.4 is 0 Å². The predicted molar refractivity (Wildman–Crippen MR) is 61.8 cm³/mol. The van der Waals surface area contributed by atoms with Gasteiger partial charge < -0.3 is 4.74 Å². The molecule has 19 heavy (non-hydrogen) atoms. The number of alkyl halides is 3. The van der Waals surface area contributed by atoms with Crippen LogP contribution in [0.4, 0.5) is 13.2 Å². The maximum atomic E-state index is 12.8. The van der Waals surface area contributed by atoms with Crippen molar-refractivity contribution in [3.63, 3.8) is 0 Å². The first-order valence-electron chi connectivity index (χ1n) is 5.34. The molecule has 1 aromatic rings. The molecule has 0 bridgehead atoms. The normalized spacial score (nSPS) is 11.3. The van der Waals surface area contributed by atoms with Crippen molar-refractivity contribution in [2.45, 2.75) is 13.1 Å². The molecule has 0 atom stereocenters. The maximum absolute atomic E-state index is 12.8. The SMILES string of the molecule is CCOC(=O)C=Cc1ccc(C#N)cc1C(F)(F)F. The highest BCUT2D eigenvalue weighted by Gasteiger charge is 2.33. The van der Waals surface area contributed by atoms with Crippen LogP contribution in [0.2, 0.25) is 0 Å². The lowest BCUT2D eigenvalue weighted by Gasteiger charge is -2.10. The average molecular weight is 269 g/mol. The van der Waals surface area contributed by atoms with Crippen molar-refractivity contribution in [2.24, 2.45) is 0 Å². The van der Waals surface area contributed by atoms with E-state index in [0.717, 1.165) is 24.3 Å². The van der Waals surface area contributed by atoms with Gasteiger partial charge in [0.25, 0.3) is 0 Å². The fraction of sp³-hybridized carbons (Fsp3) is 0.231. The second-order valence-electron chi connectivity index (χ2n) is 3.50. The van der Waals surface area contributed by atoms with Crippen molar-refractivity contribution in [1.82, 2.24) is 0 Å². The highest BCUT2D eigenvalue weighted by molar-refractivity contribution is 5.87. The molecule has 1 aromatic carbocycles. The molecule has 0 saturated carbocycles. The van der Waals surface area contributed by atoms with E-state index >= 15 is 0 Å². The number of hydrogen-bond acceptors (Lipinski definition) is 3. The Labute approximate surface area is 107 Å². The van der Waals surface area contributed by atoms with Crippen LogP contribution in [0.15, 0.2) is 24.3 Å². The van der Waals surface area contributed by atoms with Crippen LogP contribution in [0.3, 0.4) is 0 Å². The Bertz CT molecular complexity index is 542. The molecule has 0 aromatic heterocycles. The minimum atomic E-state index is -4.60. The first-order chi connectivity index (χ1) is 8.88. The monoisotopic (exact) mass is 269 g/mol. The Morgan fingerprint density at radius 1 is 1.47 bits per heavy atom. The summed E-state index contributed by atoms with van der Waals surface area (Å²) in [6.07, 6.45) is -2.66. The molecule has 1 rings (SSSR count). The summed E-state index contributed by atoms with van der Waals surface area (Å²) in [5, 5.41) is 8.60. The van der Waals surface area contributed by atoms with Gasteiger partial charge in [-0.15, -0.1) is 0 Å². The van der Waals surface area contributed by atoms with Crippen LogP contribution in [0.5, 0.6) is 0 Å². The number of carbonyl (C=O) groups excluding carboxylic acids is 1. The molecular weight excluding hydrogens is 259 g/mol. The number of carbonyl (C=O) groups is 1. The van der Waals surface area contributed by atoms with E-state index in [1.165, 1.54) is 6.07 Å². The summed E-state index contributed by atoms with van der Waals surface area (Å²) in [4.78, 5) is 11.1. The van der Waals surface area contributed by atoms with E-state index < -0.39 is 17.7 Å². The zero-order valence-corrected chi connectivity index (χ0v) is 9.99. The van der Waals surface area contributed by atoms with E-state index in [2.05, 4.69) is 4.74 Å². The summed E-state index contributed by atoms with van der Waals surface area (Å²) < 4.78 is 42.9. The van der Waals surface area contributed by atoms with Gasteiger partial charge in [0.1, 0.15) is 0 Å². The van der Waals surface area contributed by atoms with Crippen LogP contribution in [-0.4, -0.2) is 12.6 Å². The summed E-state index contributed by atoms with van der Waals surface area (Å²) in [6.45, 7) is 1.73. The van der Waals surface area contributed by atoms with E-state index in [1.807, 2.05) is 0 Å². The molecule has 0 aliphatic carbocycles. The minimum Gasteiger partial charge on any atom is -0.463 e. The fourth-order valence-corrected chi connectivity index (χ4v) is 1.36. The van der Waals surface area contributed by atoms with Gasteiger partial charge in [0, 0.05) is 6.08 Å². The quantitative estimate of drug-likeness (QED) is 0.625. The van der Waals surface area contributed by atoms with Crippen LogP contribution in [0.1, 0.15) is 23.6 Å². The minimum absolute atomic E-state index is 0.0967. The zero-order valence-electron chi connectivity index (χ0n) is 9.99. The standard InChI is InChI=1S/C13H10F3NO2/c1-2-19-12(18)6-5-10-4-3-9(8-17)7-11(10)13(14,15)16/h3-7H,2H2,1H3. The lowest BCUT2D eigenvalue weighted by atomic mass is 10.0. The van der Waals surface area contributed by atoms with Gasteiger partial charge in [-0.2, -0.15) is 18.4 Å². The first kappa shape index (κ1) is 14.8. The fourth-order valence-electron chi connectivity index (χ4n) is 1.36. The molecule has 0 aliphatic rings. The van der Waals surface area contributed by atoms with Crippen LogP contribution >= 0.6 is 0 Å². The number of nitrogens with zero attached hydrogens (tertiary/aromatic N) is 1. The Kier molecular flexibility index (Phi) is 4.70. The summed E-state index contributed by atoms with van der Waals surface area (Å²) in [5.41, 5.74) is -1.26. The smallest absolute Gasteiger partial charge is 0.417 e. The van der Waals surface area contributed by atoms with Gasteiger partial charge in [-0.1, -0.05) is 6.07 Å². The number of ether oxygens (including phenoxy) is 1. The third-order valence-corrected chi connectivity index (χ3v) is 2.17. The van der Waals surface area contributed by atoms with Crippen LogP contribution in [-0.2, 0) is 15.7 Å². The molecule has 6 heteroatoms. The van der Waals surface area contributed by atoms with Crippen molar-refractivity contribution in [3.05, 3.63) is 41.0 Å². The Hall–Kier alpha value is -2.29. The Morgan fingerprint density at radius 2 is 2.16 bits per heavy atom. The molecule has 100 valence electrons. The molecule has 0 unspecified atom stereocenters. The van der Waals surface area contributed by atoms with Crippen molar-refractivity contribution in [2.75, 3.05) is 6.61 Å². The topological polar surface area (TPSA) is 50.1 Å². The molecular formula is C13H10F3NO2. The number of esters is 1. The highest BCUT2D eigenvalue weighted by Crippen LogP contribution is 2.33. The van der Waals surface area contributed by atoms with Gasteiger partial charge in [0.15, 0.2) is 0 Å². The van der Waals surface area contributed by atoms with E-state index in [4.69, 9.17) is 5.26 Å². The number of rotatable bonds is 3. The molecule has 0 fully saturated rings. The zero-order chi connectivity index (χ0) is 14.5. The summed E-state index contributed by atoms with van der Waals surface area (Å²) in [7, 11) is 0. The van der Waals surface area contributed by atoms with Gasteiger partial charge in [-0.25, -0.2) is 4.79 Å². The van der Waals surface area contributed by atoms with Gasteiger partial charge >= 0.3 is 12.1 Å². The third-order valence-electron chi connectivity index (χ3n) is 2.17. The van der Waals surface area contributed by atoms with Gasteiger partial charge in [0.2, 0.25) is 0 Å². The summed E-state index contributed by atoms with van der Waals surface area (Å²) in [6, 6.07) is 4.76. The van der Waals surface area contributed by atoms with Gasteiger partial charge in [-0.3, -0.25) is 0 Å². The van der Waals surface area contributed by atoms with E-state index in [9.17, 15) is 18.0 Å². The third kappa shape index (κ3) is 4.14. The van der Waals surface area contributed by atoms with Crippen molar-refractivity contribution < 1.29 is 22.7 Å². The van der Waals surface area contributed by atoms with Crippen LogP contribution in [0.25, 0.3) is 6.08 Å². The molecule has 3 nitrogen and oxygen atoms in total. The number of nitriles is 1. The molecule has 0 saturated heterocycles. The summed E-state index contributed by atoms with van der Waals surface area (Å²) >= 11 is 0. The molecule has 0 radical (unpaired) electrons. The predicted octanol–water partition coefficient (Wildman–Crippen LogP) is 3.15. The molecule has 0 heterocycles.